The number of sulfonamides is 1. The quantitative estimate of drug-likeness (QED) is 0.688. The van der Waals surface area contributed by atoms with E-state index in [1.54, 1.807) is 31.2 Å². The van der Waals surface area contributed by atoms with E-state index in [0.717, 1.165) is 21.3 Å². The molecule has 7 heteroatoms. The van der Waals surface area contributed by atoms with Gasteiger partial charge in [0, 0.05) is 12.7 Å². The molecular formula is C21H22N2O4S. The molecule has 1 atom stereocenters. The van der Waals surface area contributed by atoms with Gasteiger partial charge in [-0.1, -0.05) is 36.4 Å². The Hall–Kier alpha value is -3.06. The number of amides is 1. The molecular weight excluding hydrogens is 376 g/mol. The van der Waals surface area contributed by atoms with E-state index in [4.69, 9.17) is 4.74 Å². The molecule has 3 aromatic carbocycles. The molecule has 0 bridgehead atoms. The summed E-state index contributed by atoms with van der Waals surface area (Å²) in [6, 6.07) is 20.2. The van der Waals surface area contributed by atoms with Crippen molar-refractivity contribution >= 4 is 38.1 Å². The molecule has 0 saturated carbocycles. The number of rotatable bonds is 6. The molecule has 28 heavy (non-hydrogen) atoms. The summed E-state index contributed by atoms with van der Waals surface area (Å²) in [4.78, 5) is 12.5. The Kier molecular flexibility index (Phi) is 5.56. The average Bonchev–Trinajstić information content (AvgIpc) is 2.66. The Balaban J connectivity index is 1.70. The van der Waals surface area contributed by atoms with Crippen LogP contribution >= 0.6 is 0 Å². The highest BCUT2D eigenvalue weighted by molar-refractivity contribution is 7.92. The topological polar surface area (TPSA) is 75.7 Å². The van der Waals surface area contributed by atoms with Crippen LogP contribution in [0.25, 0.3) is 10.8 Å². The molecule has 0 saturated heterocycles. The van der Waals surface area contributed by atoms with Crippen molar-refractivity contribution in [3.63, 3.8) is 0 Å². The highest BCUT2D eigenvalue weighted by atomic mass is 32.2. The van der Waals surface area contributed by atoms with Gasteiger partial charge >= 0.3 is 0 Å². The Bertz CT molecular complexity index is 1110. The SMILES string of the molecule is CC(Oc1ccc2ccccc2c1)C(=O)Nc1cccc(N(C)S(C)(=O)=O)c1. The zero-order valence-corrected chi connectivity index (χ0v) is 16.7. The van der Waals surface area contributed by atoms with Gasteiger partial charge in [0.2, 0.25) is 10.0 Å². The van der Waals surface area contributed by atoms with Crippen molar-refractivity contribution in [2.45, 2.75) is 13.0 Å². The van der Waals surface area contributed by atoms with Crippen molar-refractivity contribution in [2.24, 2.45) is 0 Å². The molecule has 3 aromatic rings. The van der Waals surface area contributed by atoms with Crippen LogP contribution in [0.3, 0.4) is 0 Å². The summed E-state index contributed by atoms with van der Waals surface area (Å²) >= 11 is 0. The standard InChI is InChI=1S/C21H22N2O4S/c1-15(27-20-12-11-16-7-4-5-8-17(16)13-20)21(24)22-18-9-6-10-19(14-18)23(2)28(3,25)26/h4-15H,1-3H3,(H,22,24). The van der Waals surface area contributed by atoms with E-state index in [1.165, 1.54) is 7.05 Å². The van der Waals surface area contributed by atoms with E-state index in [-0.39, 0.29) is 5.91 Å². The monoisotopic (exact) mass is 398 g/mol. The fraction of sp³-hybridized carbons (Fsp3) is 0.190. The predicted octanol–water partition coefficient (Wildman–Crippen LogP) is 3.64. The van der Waals surface area contributed by atoms with Crippen molar-refractivity contribution < 1.29 is 17.9 Å². The summed E-state index contributed by atoms with van der Waals surface area (Å²) in [5, 5.41) is 4.89. The number of nitrogens with zero attached hydrogens (tertiary/aromatic N) is 1. The molecule has 1 amide bonds. The highest BCUT2D eigenvalue weighted by Crippen LogP contribution is 2.23. The largest absolute Gasteiger partial charge is 0.481 e. The van der Waals surface area contributed by atoms with Gasteiger partial charge in [0.05, 0.1) is 11.9 Å². The lowest BCUT2D eigenvalue weighted by molar-refractivity contribution is -0.122. The zero-order chi connectivity index (χ0) is 20.3. The third kappa shape index (κ3) is 4.61. The average molecular weight is 398 g/mol. The van der Waals surface area contributed by atoms with Gasteiger partial charge in [-0.2, -0.15) is 0 Å². The van der Waals surface area contributed by atoms with Crippen LogP contribution in [0.4, 0.5) is 11.4 Å². The Morgan fingerprint density at radius 1 is 1.00 bits per heavy atom. The van der Waals surface area contributed by atoms with E-state index < -0.39 is 16.1 Å². The maximum Gasteiger partial charge on any atom is 0.265 e. The van der Waals surface area contributed by atoms with Gasteiger partial charge in [-0.15, -0.1) is 0 Å². The lowest BCUT2D eigenvalue weighted by Gasteiger charge is -2.18. The van der Waals surface area contributed by atoms with Gasteiger partial charge in [0.15, 0.2) is 6.10 Å². The number of carbonyl (C=O) groups is 1. The van der Waals surface area contributed by atoms with Crippen molar-refractivity contribution in [1.82, 2.24) is 0 Å². The number of fused-ring (bicyclic) bond motifs is 1. The normalized spacial score (nSPS) is 12.4. The summed E-state index contributed by atoms with van der Waals surface area (Å²) in [6.45, 7) is 1.66. The number of carbonyl (C=O) groups excluding carboxylic acids is 1. The fourth-order valence-corrected chi connectivity index (χ4v) is 3.21. The Morgan fingerprint density at radius 3 is 2.43 bits per heavy atom. The van der Waals surface area contributed by atoms with Gasteiger partial charge in [0.1, 0.15) is 5.75 Å². The molecule has 0 heterocycles. The van der Waals surface area contributed by atoms with Crippen LogP contribution in [0.2, 0.25) is 0 Å². The predicted molar refractivity (Wildman–Crippen MR) is 112 cm³/mol. The van der Waals surface area contributed by atoms with Crippen LogP contribution < -0.4 is 14.4 Å². The molecule has 0 aliphatic heterocycles. The van der Waals surface area contributed by atoms with Crippen LogP contribution in [0, 0.1) is 0 Å². The van der Waals surface area contributed by atoms with Crippen molar-refractivity contribution in [3.05, 3.63) is 66.7 Å². The fourth-order valence-electron chi connectivity index (χ4n) is 2.71. The second-order valence-corrected chi connectivity index (χ2v) is 8.55. The number of nitrogens with one attached hydrogen (secondary N) is 1. The van der Waals surface area contributed by atoms with Crippen molar-refractivity contribution in [3.8, 4) is 5.75 Å². The zero-order valence-electron chi connectivity index (χ0n) is 15.9. The van der Waals surface area contributed by atoms with E-state index >= 15 is 0 Å². The second-order valence-electron chi connectivity index (χ2n) is 6.54. The maximum atomic E-state index is 12.5. The van der Waals surface area contributed by atoms with Crippen molar-refractivity contribution in [1.29, 1.82) is 0 Å². The molecule has 0 radical (unpaired) electrons. The number of hydrogen-bond donors (Lipinski definition) is 1. The third-order valence-electron chi connectivity index (χ3n) is 4.38. The number of ether oxygens (including phenoxy) is 1. The second kappa shape index (κ2) is 7.90. The molecule has 1 N–H and O–H groups in total. The molecule has 3 rings (SSSR count). The lowest BCUT2D eigenvalue weighted by Crippen LogP contribution is -2.30. The first-order valence-electron chi connectivity index (χ1n) is 8.74. The first kappa shape index (κ1) is 19.7. The van der Waals surface area contributed by atoms with E-state index in [2.05, 4.69) is 5.32 Å². The number of benzene rings is 3. The van der Waals surface area contributed by atoms with Crippen LogP contribution in [-0.2, 0) is 14.8 Å². The smallest absolute Gasteiger partial charge is 0.265 e. The molecule has 6 nitrogen and oxygen atoms in total. The number of hydrogen-bond acceptors (Lipinski definition) is 4. The van der Waals surface area contributed by atoms with Crippen LogP contribution in [0.15, 0.2) is 66.7 Å². The van der Waals surface area contributed by atoms with Crippen LogP contribution in [0.5, 0.6) is 5.75 Å². The Morgan fingerprint density at radius 2 is 1.71 bits per heavy atom. The summed E-state index contributed by atoms with van der Waals surface area (Å²) in [5.74, 6) is 0.277. The molecule has 0 spiro atoms. The summed E-state index contributed by atoms with van der Waals surface area (Å²) < 4.78 is 30.3. The van der Waals surface area contributed by atoms with Gasteiger partial charge in [-0.25, -0.2) is 8.42 Å². The van der Waals surface area contributed by atoms with Gasteiger partial charge < -0.3 is 10.1 Å². The summed E-state index contributed by atoms with van der Waals surface area (Å²) in [5.41, 5.74) is 0.954. The molecule has 0 aromatic heterocycles. The molecule has 0 fully saturated rings. The summed E-state index contributed by atoms with van der Waals surface area (Å²) in [6.07, 6.45) is 0.398. The van der Waals surface area contributed by atoms with E-state index in [9.17, 15) is 13.2 Å². The van der Waals surface area contributed by atoms with Crippen LogP contribution in [-0.4, -0.2) is 33.7 Å². The molecule has 0 aliphatic carbocycles. The molecule has 1 unspecified atom stereocenters. The van der Waals surface area contributed by atoms with Crippen molar-refractivity contribution in [2.75, 3.05) is 22.9 Å². The minimum Gasteiger partial charge on any atom is -0.481 e. The summed E-state index contributed by atoms with van der Waals surface area (Å²) in [7, 11) is -1.92. The van der Waals surface area contributed by atoms with Gasteiger partial charge in [0.25, 0.3) is 5.91 Å². The lowest BCUT2D eigenvalue weighted by atomic mass is 10.1. The first-order chi connectivity index (χ1) is 13.2. The number of anilines is 2. The van der Waals surface area contributed by atoms with Crippen LogP contribution in [0.1, 0.15) is 6.92 Å². The highest BCUT2D eigenvalue weighted by Gasteiger charge is 2.17. The first-order valence-corrected chi connectivity index (χ1v) is 10.6. The molecule has 0 aliphatic rings. The molecule has 146 valence electrons. The minimum absolute atomic E-state index is 0.327. The third-order valence-corrected chi connectivity index (χ3v) is 5.58. The van der Waals surface area contributed by atoms with Gasteiger partial charge in [-0.3, -0.25) is 9.10 Å². The minimum atomic E-state index is -3.38. The van der Waals surface area contributed by atoms with Gasteiger partial charge in [-0.05, 0) is 48.0 Å². The Labute approximate surface area is 164 Å². The maximum absolute atomic E-state index is 12.5. The van der Waals surface area contributed by atoms with E-state index in [0.29, 0.717) is 17.1 Å². The van der Waals surface area contributed by atoms with E-state index in [1.807, 2.05) is 42.5 Å².